The maximum absolute atomic E-state index is 12.5. The van der Waals surface area contributed by atoms with Crippen molar-refractivity contribution in [1.29, 1.82) is 0 Å². The summed E-state index contributed by atoms with van der Waals surface area (Å²) in [5.74, 6) is 1.54. The first-order chi connectivity index (χ1) is 10.7. The molecule has 2 rings (SSSR count). The van der Waals surface area contributed by atoms with Gasteiger partial charge in [0.05, 0.1) is 6.61 Å². The van der Waals surface area contributed by atoms with E-state index in [2.05, 4.69) is 6.92 Å². The van der Waals surface area contributed by atoms with E-state index in [4.69, 9.17) is 9.47 Å². The van der Waals surface area contributed by atoms with Gasteiger partial charge in [0, 0.05) is 32.4 Å². The van der Waals surface area contributed by atoms with Gasteiger partial charge in [-0.05, 0) is 49.4 Å². The fourth-order valence-electron chi connectivity index (χ4n) is 2.75. The number of likely N-dealkylation sites (tertiary alicyclic amines) is 1. The number of hydrogen-bond acceptors (Lipinski definition) is 3. The highest BCUT2D eigenvalue weighted by Gasteiger charge is 2.23. The molecule has 1 aromatic rings. The van der Waals surface area contributed by atoms with E-state index in [0.717, 1.165) is 63.3 Å². The van der Waals surface area contributed by atoms with Gasteiger partial charge < -0.3 is 14.4 Å². The molecule has 4 heteroatoms. The standard InChI is InChI=1S/C18H27NO3/c1-3-4-13-22-17-7-5-16(6-8-17)18(20)19-11-9-15(10-12-19)14-21-2/h5-8,15H,3-4,9-14H2,1-2H3. The van der Waals surface area contributed by atoms with Gasteiger partial charge >= 0.3 is 0 Å². The largest absolute Gasteiger partial charge is 0.494 e. The lowest BCUT2D eigenvalue weighted by Crippen LogP contribution is -2.39. The molecule has 1 saturated heterocycles. The summed E-state index contributed by atoms with van der Waals surface area (Å²) in [7, 11) is 1.74. The molecule has 1 aliphatic rings. The van der Waals surface area contributed by atoms with E-state index >= 15 is 0 Å². The Labute approximate surface area is 133 Å². The number of carbonyl (C=O) groups is 1. The summed E-state index contributed by atoms with van der Waals surface area (Å²) < 4.78 is 10.8. The number of piperidine rings is 1. The summed E-state index contributed by atoms with van der Waals surface area (Å²) >= 11 is 0. The molecule has 0 atom stereocenters. The Morgan fingerprint density at radius 2 is 1.91 bits per heavy atom. The Hall–Kier alpha value is -1.55. The third kappa shape index (κ3) is 4.73. The minimum absolute atomic E-state index is 0.121. The molecule has 1 aromatic carbocycles. The zero-order chi connectivity index (χ0) is 15.8. The molecule has 4 nitrogen and oxygen atoms in total. The summed E-state index contributed by atoms with van der Waals surface area (Å²) in [4.78, 5) is 14.4. The van der Waals surface area contributed by atoms with Crippen LogP contribution in [0.4, 0.5) is 0 Å². The number of amides is 1. The molecule has 1 aliphatic heterocycles. The number of benzene rings is 1. The van der Waals surface area contributed by atoms with Crippen LogP contribution < -0.4 is 4.74 Å². The number of ether oxygens (including phenoxy) is 2. The van der Waals surface area contributed by atoms with Gasteiger partial charge in [-0.25, -0.2) is 0 Å². The van der Waals surface area contributed by atoms with E-state index in [9.17, 15) is 4.79 Å². The van der Waals surface area contributed by atoms with Crippen LogP contribution in [0.3, 0.4) is 0 Å². The van der Waals surface area contributed by atoms with Crippen LogP contribution in [0.1, 0.15) is 43.0 Å². The number of nitrogens with zero attached hydrogens (tertiary/aromatic N) is 1. The molecule has 0 N–H and O–H groups in total. The molecule has 0 unspecified atom stereocenters. The van der Waals surface area contributed by atoms with Crippen molar-refractivity contribution in [2.75, 3.05) is 33.4 Å². The van der Waals surface area contributed by atoms with Gasteiger partial charge in [-0.1, -0.05) is 13.3 Å². The smallest absolute Gasteiger partial charge is 0.253 e. The monoisotopic (exact) mass is 305 g/mol. The lowest BCUT2D eigenvalue weighted by atomic mass is 9.97. The third-order valence-electron chi connectivity index (χ3n) is 4.17. The second kappa shape index (κ2) is 8.79. The number of methoxy groups -OCH3 is 1. The highest BCUT2D eigenvalue weighted by Crippen LogP contribution is 2.20. The quantitative estimate of drug-likeness (QED) is 0.725. The fraction of sp³-hybridized carbons (Fsp3) is 0.611. The van der Waals surface area contributed by atoms with Gasteiger partial charge in [-0.15, -0.1) is 0 Å². The number of carbonyl (C=O) groups excluding carboxylic acids is 1. The predicted molar refractivity (Wildman–Crippen MR) is 87.3 cm³/mol. The lowest BCUT2D eigenvalue weighted by molar-refractivity contribution is 0.0613. The highest BCUT2D eigenvalue weighted by atomic mass is 16.5. The van der Waals surface area contributed by atoms with Crippen molar-refractivity contribution in [2.45, 2.75) is 32.6 Å². The average Bonchev–Trinajstić information content (AvgIpc) is 2.56. The summed E-state index contributed by atoms with van der Waals surface area (Å²) in [6, 6.07) is 7.51. The van der Waals surface area contributed by atoms with Gasteiger partial charge in [-0.2, -0.15) is 0 Å². The Balaban J connectivity index is 1.85. The molecular weight excluding hydrogens is 278 g/mol. The molecule has 22 heavy (non-hydrogen) atoms. The zero-order valence-corrected chi connectivity index (χ0v) is 13.7. The third-order valence-corrected chi connectivity index (χ3v) is 4.17. The molecule has 0 radical (unpaired) electrons. The minimum atomic E-state index is 0.121. The zero-order valence-electron chi connectivity index (χ0n) is 13.7. The van der Waals surface area contributed by atoms with E-state index in [1.54, 1.807) is 7.11 Å². The van der Waals surface area contributed by atoms with Crippen molar-refractivity contribution in [1.82, 2.24) is 4.90 Å². The maximum atomic E-state index is 12.5. The molecular formula is C18H27NO3. The molecule has 0 aliphatic carbocycles. The van der Waals surface area contributed by atoms with Crippen LogP contribution in [0.2, 0.25) is 0 Å². The molecule has 1 amide bonds. The summed E-state index contributed by atoms with van der Waals surface area (Å²) in [5, 5.41) is 0. The van der Waals surface area contributed by atoms with Gasteiger partial charge in [-0.3, -0.25) is 4.79 Å². The average molecular weight is 305 g/mol. The van der Waals surface area contributed by atoms with Gasteiger partial charge in [0.1, 0.15) is 5.75 Å². The number of hydrogen-bond donors (Lipinski definition) is 0. The van der Waals surface area contributed by atoms with Crippen LogP contribution in [0.15, 0.2) is 24.3 Å². The van der Waals surface area contributed by atoms with Crippen molar-refractivity contribution in [2.24, 2.45) is 5.92 Å². The van der Waals surface area contributed by atoms with Crippen LogP contribution in [0.5, 0.6) is 5.75 Å². The predicted octanol–water partition coefficient (Wildman–Crippen LogP) is 3.36. The highest BCUT2D eigenvalue weighted by molar-refractivity contribution is 5.94. The first-order valence-electron chi connectivity index (χ1n) is 8.25. The second-order valence-electron chi connectivity index (χ2n) is 5.92. The summed E-state index contributed by atoms with van der Waals surface area (Å²) in [5.41, 5.74) is 0.744. The Morgan fingerprint density at radius 3 is 2.50 bits per heavy atom. The molecule has 122 valence electrons. The first-order valence-corrected chi connectivity index (χ1v) is 8.25. The van der Waals surface area contributed by atoms with Crippen LogP contribution >= 0.6 is 0 Å². The number of rotatable bonds is 7. The van der Waals surface area contributed by atoms with Crippen LogP contribution in [-0.4, -0.2) is 44.2 Å². The van der Waals surface area contributed by atoms with Crippen LogP contribution in [0, 0.1) is 5.92 Å². The molecule has 0 spiro atoms. The topological polar surface area (TPSA) is 38.8 Å². The molecule has 0 aromatic heterocycles. The van der Waals surface area contributed by atoms with Crippen LogP contribution in [0.25, 0.3) is 0 Å². The Morgan fingerprint density at radius 1 is 1.23 bits per heavy atom. The molecule has 1 fully saturated rings. The van der Waals surface area contributed by atoms with Crippen molar-refractivity contribution in [3.63, 3.8) is 0 Å². The number of unbranched alkanes of at least 4 members (excludes halogenated alkanes) is 1. The van der Waals surface area contributed by atoms with Gasteiger partial charge in [0.2, 0.25) is 0 Å². The summed E-state index contributed by atoms with van der Waals surface area (Å²) in [6.07, 6.45) is 4.22. The minimum Gasteiger partial charge on any atom is -0.494 e. The van der Waals surface area contributed by atoms with E-state index in [-0.39, 0.29) is 5.91 Å². The first kappa shape index (κ1) is 16.8. The normalized spacial score (nSPS) is 15.8. The molecule has 1 heterocycles. The van der Waals surface area contributed by atoms with Gasteiger partial charge in [0.15, 0.2) is 0 Å². The fourth-order valence-corrected chi connectivity index (χ4v) is 2.75. The van der Waals surface area contributed by atoms with E-state index in [1.807, 2.05) is 29.2 Å². The molecule has 0 bridgehead atoms. The van der Waals surface area contributed by atoms with Crippen molar-refractivity contribution in [3.05, 3.63) is 29.8 Å². The van der Waals surface area contributed by atoms with Crippen molar-refractivity contribution >= 4 is 5.91 Å². The Bertz CT molecular complexity index is 450. The van der Waals surface area contributed by atoms with Crippen LogP contribution in [-0.2, 0) is 4.74 Å². The van der Waals surface area contributed by atoms with Crippen molar-refractivity contribution < 1.29 is 14.3 Å². The van der Waals surface area contributed by atoms with E-state index in [0.29, 0.717) is 5.92 Å². The van der Waals surface area contributed by atoms with Gasteiger partial charge in [0.25, 0.3) is 5.91 Å². The molecule has 0 saturated carbocycles. The van der Waals surface area contributed by atoms with E-state index in [1.165, 1.54) is 0 Å². The van der Waals surface area contributed by atoms with E-state index < -0.39 is 0 Å². The maximum Gasteiger partial charge on any atom is 0.253 e. The summed E-state index contributed by atoms with van der Waals surface area (Å²) in [6.45, 7) is 5.31. The second-order valence-corrected chi connectivity index (χ2v) is 5.92. The Kier molecular flexibility index (Phi) is 6.72. The SMILES string of the molecule is CCCCOc1ccc(C(=O)N2CCC(COC)CC2)cc1. The van der Waals surface area contributed by atoms with Crippen molar-refractivity contribution in [3.8, 4) is 5.75 Å². The lowest BCUT2D eigenvalue weighted by Gasteiger charge is -2.31.